The molecule has 0 radical (unpaired) electrons. The van der Waals surface area contributed by atoms with E-state index in [9.17, 15) is 0 Å². The van der Waals surface area contributed by atoms with Gasteiger partial charge < -0.3 is 14.4 Å². The summed E-state index contributed by atoms with van der Waals surface area (Å²) in [5.41, 5.74) is 19.4. The van der Waals surface area contributed by atoms with Crippen LogP contribution in [0.4, 0.5) is 34.1 Å². The van der Waals surface area contributed by atoms with Crippen molar-refractivity contribution in [3.8, 4) is 27.9 Å². The van der Waals surface area contributed by atoms with Gasteiger partial charge in [0.1, 0.15) is 0 Å². The van der Waals surface area contributed by atoms with Crippen molar-refractivity contribution < 1.29 is 0 Å². The number of nitrogens with zero attached hydrogens (tertiary/aromatic N) is 3. The Balaban J connectivity index is 1.11. The topological polar surface area (TPSA) is 11.4 Å². The maximum Gasteiger partial charge on any atom is 0.252 e. The lowest BCUT2D eigenvalue weighted by Crippen LogP contribution is -2.61. The molecule has 3 heterocycles. The van der Waals surface area contributed by atoms with E-state index in [1.54, 1.807) is 0 Å². The fraction of sp³-hybridized carbons (Fsp3) is 0. The van der Waals surface area contributed by atoms with Gasteiger partial charge in [0.25, 0.3) is 6.71 Å². The molecule has 0 aliphatic carbocycles. The van der Waals surface area contributed by atoms with Gasteiger partial charge in [0.2, 0.25) is 0 Å². The molecule has 2 aliphatic heterocycles. The van der Waals surface area contributed by atoms with Crippen LogP contribution in [0.15, 0.2) is 218 Å². The van der Waals surface area contributed by atoms with Gasteiger partial charge in [-0.2, -0.15) is 0 Å². The molecule has 0 amide bonds. The van der Waals surface area contributed by atoms with Crippen LogP contribution in [0.5, 0.6) is 0 Å². The van der Waals surface area contributed by atoms with Gasteiger partial charge in [0, 0.05) is 50.6 Å². The van der Waals surface area contributed by atoms with E-state index in [0.29, 0.717) is 0 Å². The third-order valence-electron chi connectivity index (χ3n) is 12.2. The first-order chi connectivity index (χ1) is 28.8. The fourth-order valence-corrected chi connectivity index (χ4v) is 9.64. The van der Waals surface area contributed by atoms with Crippen LogP contribution in [0.2, 0.25) is 0 Å². The summed E-state index contributed by atoms with van der Waals surface area (Å²) in [4.78, 5) is 4.93. The van der Waals surface area contributed by atoms with Crippen molar-refractivity contribution in [3.63, 3.8) is 0 Å². The van der Waals surface area contributed by atoms with Crippen LogP contribution in [0, 0.1) is 0 Å². The van der Waals surface area contributed by atoms with Crippen LogP contribution >= 0.6 is 0 Å². The van der Waals surface area contributed by atoms with Crippen molar-refractivity contribution in [1.82, 2.24) is 4.57 Å². The summed E-state index contributed by atoms with van der Waals surface area (Å²) in [6.45, 7) is 0.0615. The highest BCUT2D eigenvalue weighted by Gasteiger charge is 2.43. The second-order valence-corrected chi connectivity index (χ2v) is 15.3. The molecule has 4 heteroatoms. The van der Waals surface area contributed by atoms with E-state index in [0.717, 1.165) is 17.1 Å². The molecule has 3 nitrogen and oxygen atoms in total. The highest BCUT2D eigenvalue weighted by Crippen LogP contribution is 2.45. The van der Waals surface area contributed by atoms with Crippen LogP contribution in [0.1, 0.15) is 0 Å². The van der Waals surface area contributed by atoms with Crippen molar-refractivity contribution in [3.05, 3.63) is 218 Å². The smallest absolute Gasteiger partial charge is 0.252 e. The number of hydrogen-bond acceptors (Lipinski definition) is 2. The molecule has 1 aromatic heterocycles. The average Bonchev–Trinajstić information content (AvgIpc) is 3.63. The van der Waals surface area contributed by atoms with E-state index in [1.165, 1.54) is 83.2 Å². The molecule has 0 N–H and O–H groups in total. The van der Waals surface area contributed by atoms with E-state index >= 15 is 0 Å². The first-order valence-electron chi connectivity index (χ1n) is 20.1. The predicted molar refractivity (Wildman–Crippen MR) is 246 cm³/mol. The molecule has 0 atom stereocenters. The van der Waals surface area contributed by atoms with Crippen molar-refractivity contribution in [2.45, 2.75) is 0 Å². The maximum absolute atomic E-state index is 2.49. The molecule has 2 aliphatic rings. The lowest BCUT2D eigenvalue weighted by Gasteiger charge is -2.44. The van der Waals surface area contributed by atoms with E-state index in [1.807, 2.05) is 0 Å². The van der Waals surface area contributed by atoms with E-state index in [2.05, 4.69) is 233 Å². The zero-order chi connectivity index (χ0) is 38.2. The molecule has 270 valence electrons. The molecule has 0 bridgehead atoms. The average molecular weight is 738 g/mol. The second kappa shape index (κ2) is 13.0. The van der Waals surface area contributed by atoms with Gasteiger partial charge in [-0.1, -0.05) is 140 Å². The van der Waals surface area contributed by atoms with E-state index in [4.69, 9.17) is 0 Å². The van der Waals surface area contributed by atoms with Crippen LogP contribution in [-0.4, -0.2) is 11.3 Å². The Morgan fingerprint density at radius 3 is 1.33 bits per heavy atom. The van der Waals surface area contributed by atoms with Gasteiger partial charge in [0.15, 0.2) is 0 Å². The lowest BCUT2D eigenvalue weighted by molar-refractivity contribution is 1.17. The van der Waals surface area contributed by atoms with Crippen molar-refractivity contribution in [2.75, 3.05) is 9.80 Å². The summed E-state index contributed by atoms with van der Waals surface area (Å²) >= 11 is 0. The molecule has 10 aromatic rings. The number of para-hydroxylation sites is 3. The first kappa shape index (κ1) is 32.7. The summed E-state index contributed by atoms with van der Waals surface area (Å²) in [5, 5.41) is 2.48. The van der Waals surface area contributed by atoms with Crippen LogP contribution in [0.25, 0.3) is 49.7 Å². The van der Waals surface area contributed by atoms with Crippen LogP contribution in [-0.2, 0) is 0 Å². The van der Waals surface area contributed by atoms with Gasteiger partial charge in [-0.15, -0.1) is 0 Å². The lowest BCUT2D eigenvalue weighted by atomic mass is 9.33. The largest absolute Gasteiger partial charge is 0.311 e. The Kier molecular flexibility index (Phi) is 7.33. The Labute approximate surface area is 338 Å². The fourth-order valence-electron chi connectivity index (χ4n) is 9.64. The van der Waals surface area contributed by atoms with Gasteiger partial charge in [-0.25, -0.2) is 0 Å². The molecule has 9 aromatic carbocycles. The third kappa shape index (κ3) is 4.95. The van der Waals surface area contributed by atoms with Crippen LogP contribution in [0.3, 0.4) is 0 Å². The molecule has 0 saturated carbocycles. The van der Waals surface area contributed by atoms with E-state index in [-0.39, 0.29) is 6.71 Å². The van der Waals surface area contributed by atoms with Crippen molar-refractivity contribution >= 4 is 79.0 Å². The number of anilines is 6. The molecule has 12 rings (SSSR count). The number of aromatic nitrogens is 1. The van der Waals surface area contributed by atoms with Gasteiger partial charge >= 0.3 is 0 Å². The number of hydrogen-bond donors (Lipinski definition) is 0. The minimum Gasteiger partial charge on any atom is -0.311 e. The third-order valence-corrected chi connectivity index (χ3v) is 12.2. The van der Waals surface area contributed by atoms with Crippen LogP contribution < -0.4 is 26.2 Å². The van der Waals surface area contributed by atoms with E-state index < -0.39 is 0 Å². The molecule has 0 fully saturated rings. The molecular formula is C54H36BN3. The van der Waals surface area contributed by atoms with Gasteiger partial charge in [0.05, 0.1) is 11.0 Å². The maximum atomic E-state index is 2.49. The monoisotopic (exact) mass is 737 g/mol. The predicted octanol–water partition coefficient (Wildman–Crippen LogP) is 12.2. The SMILES string of the molecule is c1ccc(-c2ccc3c(c2)c2cc(-c4ccccc4)ccc2n3-c2ccc3c(c2)N(c2ccccc2)c2cccc4c2B3c2ccccc2N4c2ccccc2)cc1. The molecule has 0 saturated heterocycles. The summed E-state index contributed by atoms with van der Waals surface area (Å²) in [6.07, 6.45) is 0. The highest BCUT2D eigenvalue weighted by molar-refractivity contribution is 7.00. The Bertz CT molecular complexity index is 3080. The summed E-state index contributed by atoms with van der Waals surface area (Å²) in [7, 11) is 0. The number of fused-ring (bicyclic) bond motifs is 7. The Morgan fingerprint density at radius 2 is 0.759 bits per heavy atom. The zero-order valence-electron chi connectivity index (χ0n) is 31.7. The Morgan fingerprint density at radius 1 is 0.293 bits per heavy atom. The summed E-state index contributed by atoms with van der Waals surface area (Å²) in [5.74, 6) is 0. The molecule has 0 unspecified atom stereocenters. The first-order valence-corrected chi connectivity index (χ1v) is 20.1. The molecule has 58 heavy (non-hydrogen) atoms. The Hall–Kier alpha value is -7.56. The normalized spacial score (nSPS) is 12.7. The number of benzene rings is 9. The van der Waals surface area contributed by atoms with Gasteiger partial charge in [-0.3, -0.25) is 0 Å². The second-order valence-electron chi connectivity index (χ2n) is 15.3. The number of rotatable bonds is 5. The summed E-state index contributed by atoms with van der Waals surface area (Å²) < 4.78 is 2.47. The molecule has 0 spiro atoms. The quantitative estimate of drug-likeness (QED) is 0.163. The summed E-state index contributed by atoms with van der Waals surface area (Å²) in [6, 6.07) is 80.0. The standard InChI is InChI=1S/C54H36BN3/c1-5-16-37(17-6-1)39-28-32-48-44(34-39)45-35-40(38-18-7-2-8-19-38)29-33-49(45)58(48)43-30-31-47-53(36-43)57(42-22-11-4-12-23-42)52-27-15-26-51-54(52)55(47)46-24-13-14-25-50(46)56(51)41-20-9-3-10-21-41/h1-36H. The minimum absolute atomic E-state index is 0.0615. The van der Waals surface area contributed by atoms with Crippen molar-refractivity contribution in [2.24, 2.45) is 0 Å². The minimum atomic E-state index is 0.0615. The van der Waals surface area contributed by atoms with Gasteiger partial charge in [-0.05, 0) is 118 Å². The zero-order valence-corrected chi connectivity index (χ0v) is 31.7. The highest BCUT2D eigenvalue weighted by atomic mass is 15.2. The molecular weight excluding hydrogens is 701 g/mol. The van der Waals surface area contributed by atoms with Crippen molar-refractivity contribution in [1.29, 1.82) is 0 Å².